The molecule has 0 unspecified atom stereocenters. The van der Waals surface area contributed by atoms with Gasteiger partial charge in [0.05, 0.1) is 44.1 Å². The van der Waals surface area contributed by atoms with E-state index < -0.39 is 6.10 Å². The normalized spacial score (nSPS) is 12.1. The Morgan fingerprint density at radius 2 is 1.73 bits per heavy atom. The molecule has 170 valence electrons. The van der Waals surface area contributed by atoms with Gasteiger partial charge in [-0.3, -0.25) is 4.79 Å². The Bertz CT molecular complexity index is 1310. The summed E-state index contributed by atoms with van der Waals surface area (Å²) in [6, 6.07) is 21.2. The summed E-state index contributed by atoms with van der Waals surface area (Å²) < 4.78 is 12.2. The van der Waals surface area contributed by atoms with Crippen LogP contribution in [-0.4, -0.2) is 34.7 Å². The van der Waals surface area contributed by atoms with E-state index in [9.17, 15) is 9.90 Å². The van der Waals surface area contributed by atoms with Crippen LogP contribution in [0, 0.1) is 13.8 Å². The fourth-order valence-corrected chi connectivity index (χ4v) is 3.84. The van der Waals surface area contributed by atoms with Crippen molar-refractivity contribution in [1.82, 2.24) is 9.78 Å². The molecule has 1 heterocycles. The standard InChI is InChI=1S/C27H28N2O4/c1-18-8-9-19(2)25(14-18)26-23-6-4-5-7-24(23)27(31)29(28-26)15-21(30)17-33-16-20-10-12-22(32-3)13-11-20/h4-14,21,30H,15-17H2,1-3H3/t21-/m1/s1. The van der Waals surface area contributed by atoms with Crippen LogP contribution in [0.5, 0.6) is 5.75 Å². The van der Waals surface area contributed by atoms with Crippen LogP contribution >= 0.6 is 0 Å². The molecule has 4 rings (SSSR count). The molecule has 0 aliphatic rings. The van der Waals surface area contributed by atoms with Crippen molar-refractivity contribution in [3.05, 3.63) is 93.8 Å². The number of hydrogen-bond donors (Lipinski definition) is 1. The van der Waals surface area contributed by atoms with E-state index >= 15 is 0 Å². The highest BCUT2D eigenvalue weighted by atomic mass is 16.5. The molecular weight excluding hydrogens is 416 g/mol. The van der Waals surface area contributed by atoms with Crippen LogP contribution in [0.2, 0.25) is 0 Å². The first-order valence-corrected chi connectivity index (χ1v) is 10.9. The summed E-state index contributed by atoms with van der Waals surface area (Å²) in [5.74, 6) is 0.778. The quantitative estimate of drug-likeness (QED) is 0.439. The smallest absolute Gasteiger partial charge is 0.274 e. The summed E-state index contributed by atoms with van der Waals surface area (Å²) in [6.45, 7) is 4.55. The Balaban J connectivity index is 1.56. The number of benzene rings is 3. The predicted octanol–water partition coefficient (Wildman–Crippen LogP) is 4.27. The molecule has 0 spiro atoms. The second-order valence-electron chi connectivity index (χ2n) is 8.22. The molecule has 0 bridgehead atoms. The number of aliphatic hydroxyl groups is 1. The number of aryl methyl sites for hydroxylation is 2. The third-order valence-electron chi connectivity index (χ3n) is 5.64. The summed E-state index contributed by atoms with van der Waals surface area (Å²) in [5.41, 5.74) is 4.65. The number of methoxy groups -OCH3 is 1. The van der Waals surface area contributed by atoms with Crippen molar-refractivity contribution in [2.75, 3.05) is 13.7 Å². The van der Waals surface area contributed by atoms with E-state index in [1.807, 2.05) is 56.3 Å². The van der Waals surface area contributed by atoms with Crippen LogP contribution in [0.3, 0.4) is 0 Å². The van der Waals surface area contributed by atoms with E-state index in [1.54, 1.807) is 13.2 Å². The monoisotopic (exact) mass is 444 g/mol. The number of hydrogen-bond acceptors (Lipinski definition) is 5. The molecule has 0 aliphatic carbocycles. The molecule has 4 aromatic rings. The van der Waals surface area contributed by atoms with E-state index in [-0.39, 0.29) is 18.7 Å². The lowest BCUT2D eigenvalue weighted by Gasteiger charge is -2.16. The Labute approximate surface area is 193 Å². The first-order valence-electron chi connectivity index (χ1n) is 10.9. The second kappa shape index (κ2) is 9.98. The lowest BCUT2D eigenvalue weighted by atomic mass is 9.99. The van der Waals surface area contributed by atoms with Gasteiger partial charge in [-0.05, 0) is 49.2 Å². The van der Waals surface area contributed by atoms with E-state index in [2.05, 4.69) is 23.3 Å². The Morgan fingerprint density at radius 3 is 2.45 bits per heavy atom. The zero-order chi connectivity index (χ0) is 23.4. The van der Waals surface area contributed by atoms with Crippen LogP contribution in [-0.2, 0) is 17.9 Å². The number of nitrogens with zero attached hydrogens (tertiary/aromatic N) is 2. The van der Waals surface area contributed by atoms with E-state index in [0.717, 1.165) is 39.1 Å². The molecule has 0 saturated heterocycles. The van der Waals surface area contributed by atoms with Gasteiger partial charge in [0.2, 0.25) is 0 Å². The van der Waals surface area contributed by atoms with Crippen molar-refractivity contribution >= 4 is 10.8 Å². The molecule has 0 fully saturated rings. The number of ether oxygens (including phenoxy) is 2. The molecule has 1 N–H and O–H groups in total. The van der Waals surface area contributed by atoms with Gasteiger partial charge in [-0.2, -0.15) is 5.10 Å². The van der Waals surface area contributed by atoms with E-state index in [1.165, 1.54) is 4.68 Å². The zero-order valence-electron chi connectivity index (χ0n) is 19.1. The Hall–Kier alpha value is -3.48. The lowest BCUT2D eigenvalue weighted by Crippen LogP contribution is -2.31. The van der Waals surface area contributed by atoms with Gasteiger partial charge in [-0.15, -0.1) is 0 Å². The molecule has 6 nitrogen and oxygen atoms in total. The lowest BCUT2D eigenvalue weighted by molar-refractivity contribution is 0.0181. The molecule has 33 heavy (non-hydrogen) atoms. The average Bonchev–Trinajstić information content (AvgIpc) is 2.83. The van der Waals surface area contributed by atoms with Gasteiger partial charge in [0.1, 0.15) is 5.75 Å². The highest BCUT2D eigenvalue weighted by Gasteiger charge is 2.16. The third kappa shape index (κ3) is 5.13. The molecule has 0 amide bonds. The Morgan fingerprint density at radius 1 is 1.00 bits per heavy atom. The molecule has 3 aromatic carbocycles. The molecule has 0 saturated carbocycles. The highest BCUT2D eigenvalue weighted by molar-refractivity contribution is 5.94. The zero-order valence-corrected chi connectivity index (χ0v) is 19.1. The average molecular weight is 445 g/mol. The van der Waals surface area contributed by atoms with E-state index in [4.69, 9.17) is 9.47 Å². The van der Waals surface area contributed by atoms with Crippen LogP contribution in [0.15, 0.2) is 71.5 Å². The maximum absolute atomic E-state index is 13.1. The minimum absolute atomic E-state index is 0.0458. The molecule has 6 heteroatoms. The third-order valence-corrected chi connectivity index (χ3v) is 5.64. The van der Waals surface area contributed by atoms with Gasteiger partial charge in [0.15, 0.2) is 0 Å². The van der Waals surface area contributed by atoms with Crippen molar-refractivity contribution in [1.29, 1.82) is 0 Å². The van der Waals surface area contributed by atoms with Crippen molar-refractivity contribution in [3.63, 3.8) is 0 Å². The SMILES string of the molecule is COc1ccc(COC[C@H](O)Cn2nc(-c3cc(C)ccc3C)c3ccccc3c2=O)cc1. The molecule has 1 aromatic heterocycles. The molecule has 0 aliphatic heterocycles. The van der Waals surface area contributed by atoms with Gasteiger partial charge in [0.25, 0.3) is 5.56 Å². The van der Waals surface area contributed by atoms with Crippen LogP contribution < -0.4 is 10.3 Å². The first kappa shape index (κ1) is 22.7. The van der Waals surface area contributed by atoms with Gasteiger partial charge in [-0.1, -0.05) is 48.0 Å². The summed E-state index contributed by atoms with van der Waals surface area (Å²) in [7, 11) is 1.62. The fraction of sp³-hybridized carbons (Fsp3) is 0.259. The van der Waals surface area contributed by atoms with Crippen molar-refractivity contribution < 1.29 is 14.6 Å². The molecule has 0 radical (unpaired) electrons. The molecule has 1 atom stereocenters. The van der Waals surface area contributed by atoms with Crippen LogP contribution in [0.25, 0.3) is 22.0 Å². The topological polar surface area (TPSA) is 73.6 Å². The van der Waals surface area contributed by atoms with Gasteiger partial charge >= 0.3 is 0 Å². The van der Waals surface area contributed by atoms with Crippen molar-refractivity contribution in [2.45, 2.75) is 33.1 Å². The van der Waals surface area contributed by atoms with Crippen molar-refractivity contribution in [2.24, 2.45) is 0 Å². The number of aromatic nitrogens is 2. The minimum Gasteiger partial charge on any atom is -0.497 e. The summed E-state index contributed by atoms with van der Waals surface area (Å²) >= 11 is 0. The number of fused-ring (bicyclic) bond motifs is 1. The maximum atomic E-state index is 13.1. The largest absolute Gasteiger partial charge is 0.497 e. The maximum Gasteiger partial charge on any atom is 0.274 e. The number of aliphatic hydroxyl groups excluding tert-OH is 1. The Kier molecular flexibility index (Phi) is 6.87. The van der Waals surface area contributed by atoms with E-state index in [0.29, 0.717) is 12.0 Å². The minimum atomic E-state index is -0.874. The highest BCUT2D eigenvalue weighted by Crippen LogP contribution is 2.28. The van der Waals surface area contributed by atoms with Crippen LogP contribution in [0.1, 0.15) is 16.7 Å². The van der Waals surface area contributed by atoms with Crippen LogP contribution in [0.4, 0.5) is 0 Å². The summed E-state index contributed by atoms with van der Waals surface area (Å²) in [5, 5.41) is 16.6. The molecular formula is C27H28N2O4. The fourth-order valence-electron chi connectivity index (χ4n) is 3.84. The second-order valence-corrected chi connectivity index (χ2v) is 8.22. The van der Waals surface area contributed by atoms with Crippen molar-refractivity contribution in [3.8, 4) is 17.0 Å². The van der Waals surface area contributed by atoms with Gasteiger partial charge < -0.3 is 14.6 Å². The first-order chi connectivity index (χ1) is 16.0. The van der Waals surface area contributed by atoms with Gasteiger partial charge in [-0.25, -0.2) is 4.68 Å². The summed E-state index contributed by atoms with van der Waals surface area (Å²) in [6.07, 6.45) is -0.874. The number of rotatable bonds is 8. The summed E-state index contributed by atoms with van der Waals surface area (Å²) in [4.78, 5) is 13.1. The predicted molar refractivity (Wildman–Crippen MR) is 130 cm³/mol. The van der Waals surface area contributed by atoms with Gasteiger partial charge in [0, 0.05) is 10.9 Å².